The monoisotopic (exact) mass is 328 g/mol. The smallest absolute Gasteiger partial charge is 0.462 e. The molecular formula is C19H41AlO2. The fourth-order valence-electron chi connectivity index (χ4n) is 2.91. The molecule has 0 aromatic heterocycles. The molecule has 0 aliphatic carbocycles. The first-order chi connectivity index (χ1) is 10.7. The van der Waals surface area contributed by atoms with E-state index in [1.807, 2.05) is 6.92 Å². The van der Waals surface area contributed by atoms with Crippen LogP contribution in [0.15, 0.2) is 0 Å². The fourth-order valence-corrected chi connectivity index (χ4v) is 5.61. The summed E-state index contributed by atoms with van der Waals surface area (Å²) in [4.78, 5) is 0. The van der Waals surface area contributed by atoms with Crippen molar-refractivity contribution in [1.82, 2.24) is 0 Å². The predicted octanol–water partition coefficient (Wildman–Crippen LogP) is 6.71. The average Bonchev–Trinajstić information content (AvgIpc) is 2.53. The van der Waals surface area contributed by atoms with Gasteiger partial charge in [-0.1, -0.05) is 101 Å². The molecule has 0 aliphatic heterocycles. The van der Waals surface area contributed by atoms with Crippen LogP contribution >= 0.6 is 0 Å². The van der Waals surface area contributed by atoms with E-state index in [1.54, 1.807) is 7.11 Å². The first-order valence-corrected chi connectivity index (χ1v) is 12.0. The Morgan fingerprint density at radius 2 is 1.09 bits per heavy atom. The topological polar surface area (TPSA) is 18.5 Å². The highest BCUT2D eigenvalue weighted by molar-refractivity contribution is 6.51. The molecule has 0 spiro atoms. The quantitative estimate of drug-likeness (QED) is 0.168. The van der Waals surface area contributed by atoms with Crippen LogP contribution in [-0.4, -0.2) is 27.9 Å². The molecule has 0 radical (unpaired) electrons. The van der Waals surface area contributed by atoms with Gasteiger partial charge in [0.2, 0.25) is 0 Å². The van der Waals surface area contributed by atoms with Crippen molar-refractivity contribution in [1.29, 1.82) is 0 Å². The number of rotatable bonds is 17. The maximum Gasteiger partial charge on any atom is 0.462 e. The van der Waals surface area contributed by atoms with E-state index < -0.39 is 14.5 Å². The van der Waals surface area contributed by atoms with Crippen molar-refractivity contribution in [2.24, 2.45) is 0 Å². The van der Waals surface area contributed by atoms with Crippen LogP contribution in [0.1, 0.15) is 97.8 Å². The molecule has 1 atom stereocenters. The number of hydrogen-bond donors (Lipinski definition) is 0. The van der Waals surface area contributed by atoms with Crippen LogP contribution in [0.4, 0.5) is 0 Å². The third kappa shape index (κ3) is 15.4. The largest absolute Gasteiger partial charge is 0.478 e. The third-order valence-electron chi connectivity index (χ3n) is 4.48. The zero-order valence-corrected chi connectivity index (χ0v) is 17.0. The van der Waals surface area contributed by atoms with Crippen LogP contribution in [0.3, 0.4) is 0 Å². The van der Waals surface area contributed by atoms with Crippen molar-refractivity contribution >= 4 is 14.5 Å². The normalized spacial score (nSPS) is 12.5. The van der Waals surface area contributed by atoms with Crippen molar-refractivity contribution in [3.8, 4) is 0 Å². The zero-order chi connectivity index (χ0) is 16.5. The van der Waals surface area contributed by atoms with Gasteiger partial charge in [-0.2, -0.15) is 0 Å². The molecule has 3 heteroatoms. The summed E-state index contributed by atoms with van der Waals surface area (Å²) in [6.07, 6.45) is 16.6. The van der Waals surface area contributed by atoms with E-state index in [0.29, 0.717) is 0 Å². The number of hydrogen-bond acceptors (Lipinski definition) is 2. The molecule has 0 saturated carbocycles. The van der Waals surface area contributed by atoms with E-state index in [2.05, 4.69) is 13.8 Å². The van der Waals surface area contributed by atoms with Gasteiger partial charge in [0, 0.05) is 7.11 Å². The molecule has 0 rings (SSSR count). The molecule has 0 aromatic rings. The van der Waals surface area contributed by atoms with Gasteiger partial charge < -0.3 is 8.53 Å². The third-order valence-corrected chi connectivity index (χ3v) is 7.35. The van der Waals surface area contributed by atoms with Gasteiger partial charge in [-0.15, -0.1) is 0 Å². The molecule has 0 aliphatic rings. The van der Waals surface area contributed by atoms with Gasteiger partial charge in [0.25, 0.3) is 0 Å². The predicted molar refractivity (Wildman–Crippen MR) is 99.7 cm³/mol. The molecule has 0 fully saturated rings. The minimum absolute atomic E-state index is 0.00292. The molecule has 0 N–H and O–H groups in total. The van der Waals surface area contributed by atoms with Gasteiger partial charge in [0.05, 0.1) is 0 Å². The minimum Gasteiger partial charge on any atom is -0.478 e. The molecule has 0 amide bonds. The van der Waals surface area contributed by atoms with Crippen LogP contribution in [0, 0.1) is 0 Å². The van der Waals surface area contributed by atoms with Gasteiger partial charge >= 0.3 is 14.5 Å². The highest BCUT2D eigenvalue weighted by Crippen LogP contribution is 2.17. The van der Waals surface area contributed by atoms with Crippen LogP contribution in [-0.2, 0) is 8.53 Å². The van der Waals surface area contributed by atoms with E-state index in [-0.39, 0.29) is 6.29 Å². The summed E-state index contributed by atoms with van der Waals surface area (Å²) in [5.74, 6) is 0. The minimum atomic E-state index is -1.05. The van der Waals surface area contributed by atoms with E-state index in [4.69, 9.17) is 8.53 Å². The Morgan fingerprint density at radius 3 is 1.50 bits per heavy atom. The standard InChI is InChI=1S/2C8H17.C3H7O2.Al/c2*1-3-5-7-8-6-4-2;1-3(4)5-2;/h2*1,3-8H2,2H3;3H,1-2H3;/q;;-1;+1. The maximum atomic E-state index is 6.17. The molecule has 0 saturated heterocycles. The Labute approximate surface area is 145 Å². The summed E-state index contributed by atoms with van der Waals surface area (Å²) in [5.41, 5.74) is 0. The molecule has 0 heterocycles. The van der Waals surface area contributed by atoms with Gasteiger partial charge in [0.15, 0.2) is 0 Å². The van der Waals surface area contributed by atoms with Gasteiger partial charge in [0.1, 0.15) is 6.29 Å². The van der Waals surface area contributed by atoms with Gasteiger partial charge in [-0.3, -0.25) is 0 Å². The molecule has 1 unspecified atom stereocenters. The van der Waals surface area contributed by atoms with Crippen molar-refractivity contribution in [3.63, 3.8) is 0 Å². The Morgan fingerprint density at radius 1 is 0.682 bits per heavy atom. The summed E-state index contributed by atoms with van der Waals surface area (Å²) in [5, 5.41) is 2.68. The Hall–Kier alpha value is 0.452. The first-order valence-electron chi connectivity index (χ1n) is 9.92. The fraction of sp³-hybridized carbons (Fsp3) is 1.00. The highest BCUT2D eigenvalue weighted by atomic mass is 27.2. The lowest BCUT2D eigenvalue weighted by molar-refractivity contribution is -0.0417. The first kappa shape index (κ1) is 22.5. The molecule has 22 heavy (non-hydrogen) atoms. The Balaban J connectivity index is 3.75. The van der Waals surface area contributed by atoms with Crippen molar-refractivity contribution in [2.75, 3.05) is 7.11 Å². The SMILES string of the molecule is CCCCCCC[CH2][Al]([CH2]CCCCCCC)[O]C(C)OC. The summed E-state index contributed by atoms with van der Waals surface area (Å²) in [6, 6.07) is 0. The Kier molecular flexibility index (Phi) is 18.2. The molecule has 2 nitrogen and oxygen atoms in total. The van der Waals surface area contributed by atoms with Crippen LogP contribution in [0.5, 0.6) is 0 Å². The average molecular weight is 329 g/mol. The second kappa shape index (κ2) is 17.8. The van der Waals surface area contributed by atoms with Gasteiger partial charge in [-0.05, 0) is 6.92 Å². The number of unbranched alkanes of at least 4 members (excludes halogenated alkanes) is 10. The molecule has 0 aromatic carbocycles. The van der Waals surface area contributed by atoms with E-state index >= 15 is 0 Å². The maximum absolute atomic E-state index is 6.17. The number of methoxy groups -OCH3 is 1. The summed E-state index contributed by atoms with van der Waals surface area (Å²) >= 11 is -1.05. The summed E-state index contributed by atoms with van der Waals surface area (Å²) in [6.45, 7) is 6.61. The van der Waals surface area contributed by atoms with Crippen LogP contribution in [0.25, 0.3) is 0 Å². The number of ether oxygens (including phenoxy) is 1. The lowest BCUT2D eigenvalue weighted by Gasteiger charge is -2.18. The van der Waals surface area contributed by atoms with Crippen molar-refractivity contribution in [2.45, 2.75) is 115 Å². The summed E-state index contributed by atoms with van der Waals surface area (Å²) in [7, 11) is 1.76. The van der Waals surface area contributed by atoms with E-state index in [9.17, 15) is 0 Å². The van der Waals surface area contributed by atoms with Gasteiger partial charge in [-0.25, -0.2) is 0 Å². The molecule has 0 bridgehead atoms. The van der Waals surface area contributed by atoms with Crippen molar-refractivity contribution in [3.05, 3.63) is 0 Å². The van der Waals surface area contributed by atoms with Crippen LogP contribution < -0.4 is 0 Å². The summed E-state index contributed by atoms with van der Waals surface area (Å²) < 4.78 is 11.5. The van der Waals surface area contributed by atoms with Crippen LogP contribution in [0.2, 0.25) is 10.6 Å². The zero-order valence-electron chi connectivity index (χ0n) is 15.9. The van der Waals surface area contributed by atoms with Crippen molar-refractivity contribution < 1.29 is 8.53 Å². The molecule has 132 valence electrons. The lowest BCUT2D eigenvalue weighted by Crippen LogP contribution is -2.25. The second-order valence-electron chi connectivity index (χ2n) is 6.67. The van der Waals surface area contributed by atoms with E-state index in [1.165, 1.54) is 87.6 Å². The molecular weight excluding hydrogens is 287 g/mol. The Bertz CT molecular complexity index is 196. The highest BCUT2D eigenvalue weighted by Gasteiger charge is 2.21. The lowest BCUT2D eigenvalue weighted by atomic mass is 10.1. The van der Waals surface area contributed by atoms with E-state index in [0.717, 1.165) is 0 Å². The second-order valence-corrected chi connectivity index (χ2v) is 9.35.